The van der Waals surface area contributed by atoms with Crippen molar-refractivity contribution in [2.24, 2.45) is 0 Å². The lowest BCUT2D eigenvalue weighted by atomic mass is 9.96. The molecule has 0 aliphatic carbocycles. The van der Waals surface area contributed by atoms with E-state index in [1.165, 1.54) is 6.07 Å². The molecule has 26 heavy (non-hydrogen) atoms. The first-order chi connectivity index (χ1) is 12.6. The first kappa shape index (κ1) is 16.0. The van der Waals surface area contributed by atoms with Gasteiger partial charge in [-0.15, -0.1) is 0 Å². The van der Waals surface area contributed by atoms with E-state index in [1.807, 2.05) is 38.1 Å². The lowest BCUT2D eigenvalue weighted by molar-refractivity contribution is 0.631. The fraction of sp³-hybridized carbons (Fsp3) is 0.0952. The number of rotatable bonds is 2. The van der Waals surface area contributed by atoms with Gasteiger partial charge in [0.05, 0.1) is 12.3 Å². The number of benzene rings is 2. The molecule has 0 aliphatic heterocycles. The average molecular weight is 342 g/mol. The summed E-state index contributed by atoms with van der Waals surface area (Å²) in [6.07, 6.45) is 0. The number of hydrogen-bond acceptors (Lipinski definition) is 2. The smallest absolute Gasteiger partial charge is 0.221 e. The number of nitrogens with zero attached hydrogens (tertiary/aromatic N) is 3. The Morgan fingerprint density at radius 1 is 1.04 bits per heavy atom. The van der Waals surface area contributed by atoms with Crippen molar-refractivity contribution in [1.82, 2.24) is 15.2 Å². The Bertz CT molecular complexity index is 1170. The van der Waals surface area contributed by atoms with E-state index in [1.54, 1.807) is 18.2 Å². The third-order valence-electron chi connectivity index (χ3n) is 4.44. The molecular formula is C21H15FN4. The number of nitrogens with one attached hydrogen (secondary N) is 1. The number of aromatic nitrogens is 3. The SMILES string of the molecule is [C-]#[N+]c1c(-c2ccc(C)cc2)nc2n[nH]c(C)c2c1-c1ccccc1F. The number of halogens is 1. The van der Waals surface area contributed by atoms with Gasteiger partial charge in [-0.3, -0.25) is 5.10 Å². The lowest BCUT2D eigenvalue weighted by Crippen LogP contribution is -1.93. The monoisotopic (exact) mass is 342 g/mol. The van der Waals surface area contributed by atoms with E-state index >= 15 is 0 Å². The van der Waals surface area contributed by atoms with E-state index in [2.05, 4.69) is 20.0 Å². The van der Waals surface area contributed by atoms with Gasteiger partial charge in [0.15, 0.2) is 5.65 Å². The van der Waals surface area contributed by atoms with Gasteiger partial charge in [-0.05, 0) is 25.5 Å². The molecule has 1 N–H and O–H groups in total. The maximum Gasteiger partial charge on any atom is 0.221 e. The van der Waals surface area contributed by atoms with Crippen molar-refractivity contribution < 1.29 is 4.39 Å². The number of pyridine rings is 1. The second-order valence-corrected chi connectivity index (χ2v) is 6.19. The van der Waals surface area contributed by atoms with Crippen LogP contribution >= 0.6 is 0 Å². The Balaban J connectivity index is 2.15. The summed E-state index contributed by atoms with van der Waals surface area (Å²) in [5, 5.41) is 7.84. The minimum absolute atomic E-state index is 0.330. The van der Waals surface area contributed by atoms with Crippen molar-refractivity contribution in [3.8, 4) is 22.4 Å². The first-order valence-corrected chi connectivity index (χ1v) is 8.18. The van der Waals surface area contributed by atoms with Gasteiger partial charge >= 0.3 is 0 Å². The van der Waals surface area contributed by atoms with Crippen LogP contribution in [0.25, 0.3) is 38.3 Å². The van der Waals surface area contributed by atoms with Crippen molar-refractivity contribution >= 4 is 16.7 Å². The van der Waals surface area contributed by atoms with Crippen molar-refractivity contribution in [3.05, 3.63) is 77.0 Å². The number of aryl methyl sites for hydroxylation is 2. The Labute approximate surface area is 150 Å². The average Bonchev–Trinajstić information content (AvgIpc) is 3.02. The van der Waals surface area contributed by atoms with Crippen LogP contribution in [0.15, 0.2) is 48.5 Å². The van der Waals surface area contributed by atoms with Gasteiger partial charge in [0, 0.05) is 22.2 Å². The molecule has 4 aromatic rings. The summed E-state index contributed by atoms with van der Waals surface area (Å²) in [6.45, 7) is 11.6. The van der Waals surface area contributed by atoms with Crippen LogP contribution in [-0.2, 0) is 0 Å². The Morgan fingerprint density at radius 2 is 1.77 bits per heavy atom. The molecule has 0 atom stereocenters. The molecule has 0 unspecified atom stereocenters. The summed E-state index contributed by atoms with van der Waals surface area (Å²) in [7, 11) is 0. The van der Waals surface area contributed by atoms with Gasteiger partial charge in [0.2, 0.25) is 5.69 Å². The van der Waals surface area contributed by atoms with Crippen LogP contribution in [0, 0.1) is 26.2 Å². The summed E-state index contributed by atoms with van der Waals surface area (Å²) >= 11 is 0. The van der Waals surface area contributed by atoms with Crippen LogP contribution in [0.2, 0.25) is 0 Å². The maximum absolute atomic E-state index is 14.6. The summed E-state index contributed by atoms with van der Waals surface area (Å²) < 4.78 is 14.6. The standard InChI is InChI=1S/C21H15FN4/c1-12-8-10-14(11-9-12)19-20(23-3)18(15-6-4-5-7-16(15)22)17-13(2)25-26-21(17)24-19/h4-11H,1-2H3,(H,24,25,26). The zero-order chi connectivity index (χ0) is 18.3. The highest BCUT2D eigenvalue weighted by atomic mass is 19.1. The molecule has 0 saturated carbocycles. The predicted octanol–water partition coefficient (Wildman–Crippen LogP) is 5.60. The van der Waals surface area contributed by atoms with E-state index in [9.17, 15) is 4.39 Å². The largest absolute Gasteiger partial charge is 0.280 e. The Kier molecular flexibility index (Phi) is 3.74. The quantitative estimate of drug-likeness (QED) is 0.482. The van der Waals surface area contributed by atoms with Crippen LogP contribution in [0.4, 0.5) is 10.1 Å². The van der Waals surface area contributed by atoms with Crippen LogP contribution < -0.4 is 0 Å². The summed E-state index contributed by atoms with van der Waals surface area (Å²) in [5.74, 6) is -0.375. The Morgan fingerprint density at radius 3 is 2.46 bits per heavy atom. The van der Waals surface area contributed by atoms with Gasteiger partial charge in [0.25, 0.3) is 0 Å². The van der Waals surface area contributed by atoms with Gasteiger partial charge in [0.1, 0.15) is 5.82 Å². The molecule has 126 valence electrons. The van der Waals surface area contributed by atoms with E-state index in [4.69, 9.17) is 6.57 Å². The highest BCUT2D eigenvalue weighted by Crippen LogP contribution is 2.43. The van der Waals surface area contributed by atoms with Crippen LogP contribution in [-0.4, -0.2) is 15.2 Å². The number of aromatic amines is 1. The molecule has 0 radical (unpaired) electrons. The zero-order valence-electron chi connectivity index (χ0n) is 14.3. The first-order valence-electron chi connectivity index (χ1n) is 8.18. The van der Waals surface area contributed by atoms with E-state index < -0.39 is 0 Å². The maximum atomic E-state index is 14.6. The van der Waals surface area contributed by atoms with E-state index in [0.29, 0.717) is 33.5 Å². The third kappa shape index (κ3) is 2.44. The molecule has 0 amide bonds. The molecule has 2 heterocycles. The molecule has 4 rings (SSSR count). The van der Waals surface area contributed by atoms with Crippen LogP contribution in [0.3, 0.4) is 0 Å². The molecule has 2 aromatic heterocycles. The minimum Gasteiger partial charge on any atom is -0.280 e. The third-order valence-corrected chi connectivity index (χ3v) is 4.44. The molecule has 0 saturated heterocycles. The minimum atomic E-state index is -0.375. The van der Waals surface area contributed by atoms with Crippen molar-refractivity contribution in [2.75, 3.05) is 0 Å². The van der Waals surface area contributed by atoms with Gasteiger partial charge in [-0.2, -0.15) is 5.10 Å². The predicted molar refractivity (Wildman–Crippen MR) is 100 cm³/mol. The fourth-order valence-corrected chi connectivity index (χ4v) is 3.14. The summed E-state index contributed by atoms with van der Waals surface area (Å²) in [4.78, 5) is 8.34. The number of fused-ring (bicyclic) bond motifs is 1. The fourth-order valence-electron chi connectivity index (χ4n) is 3.14. The lowest BCUT2D eigenvalue weighted by Gasteiger charge is -2.12. The zero-order valence-corrected chi connectivity index (χ0v) is 14.3. The van der Waals surface area contributed by atoms with Crippen LogP contribution in [0.1, 0.15) is 11.3 Å². The highest BCUT2D eigenvalue weighted by molar-refractivity contribution is 6.05. The second kappa shape index (κ2) is 6.08. The topological polar surface area (TPSA) is 45.9 Å². The van der Waals surface area contributed by atoms with Gasteiger partial charge < -0.3 is 0 Å². The van der Waals surface area contributed by atoms with E-state index in [0.717, 1.165) is 16.8 Å². The molecule has 0 fully saturated rings. The molecule has 4 nitrogen and oxygen atoms in total. The highest BCUT2D eigenvalue weighted by Gasteiger charge is 2.22. The van der Waals surface area contributed by atoms with Crippen LogP contribution in [0.5, 0.6) is 0 Å². The molecule has 2 aromatic carbocycles. The number of hydrogen-bond donors (Lipinski definition) is 1. The summed E-state index contributed by atoms with van der Waals surface area (Å²) in [6, 6.07) is 14.3. The summed E-state index contributed by atoms with van der Waals surface area (Å²) in [5.41, 5.74) is 4.91. The van der Waals surface area contributed by atoms with Gasteiger partial charge in [-0.25, -0.2) is 14.2 Å². The molecule has 0 aliphatic rings. The molecule has 0 spiro atoms. The Hall–Kier alpha value is -3.52. The van der Waals surface area contributed by atoms with Crippen molar-refractivity contribution in [2.45, 2.75) is 13.8 Å². The molecular weight excluding hydrogens is 327 g/mol. The van der Waals surface area contributed by atoms with Crippen molar-refractivity contribution in [1.29, 1.82) is 0 Å². The number of H-pyrrole nitrogens is 1. The van der Waals surface area contributed by atoms with Gasteiger partial charge in [-0.1, -0.05) is 48.0 Å². The van der Waals surface area contributed by atoms with Crippen molar-refractivity contribution in [3.63, 3.8) is 0 Å². The molecule has 5 heteroatoms. The molecule has 0 bridgehead atoms. The normalized spacial score (nSPS) is 10.8. The second-order valence-electron chi connectivity index (χ2n) is 6.19. The van der Waals surface area contributed by atoms with E-state index in [-0.39, 0.29) is 5.82 Å².